The molecule has 0 bridgehead atoms. The van der Waals surface area contributed by atoms with Crippen LogP contribution in [0.1, 0.15) is 18.4 Å². The van der Waals surface area contributed by atoms with Crippen LogP contribution in [0.2, 0.25) is 0 Å². The molecule has 7 heteroatoms. The van der Waals surface area contributed by atoms with Crippen LogP contribution in [0.25, 0.3) is 0 Å². The molecule has 1 amide bonds. The van der Waals surface area contributed by atoms with E-state index in [1.807, 2.05) is 6.92 Å². The lowest BCUT2D eigenvalue weighted by molar-refractivity contribution is -0.116. The minimum atomic E-state index is -3.78. The Morgan fingerprint density at radius 2 is 1.69 bits per heavy atom. The lowest BCUT2D eigenvalue weighted by Crippen LogP contribution is -2.37. The number of carbonyl (C=O) groups excluding carboxylic acids is 1. The summed E-state index contributed by atoms with van der Waals surface area (Å²) in [5.74, 6) is 0.416. The Bertz CT molecular complexity index is 931. The Hall–Kier alpha value is -2.54. The third-order valence-corrected chi connectivity index (χ3v) is 7.13. The normalized spacial score (nSPS) is 15.2. The second-order valence-electron chi connectivity index (χ2n) is 6.33. The Kier molecular flexibility index (Phi) is 4.66. The Balaban J connectivity index is 1.91. The van der Waals surface area contributed by atoms with Crippen molar-refractivity contribution in [3.05, 3.63) is 48.0 Å². The number of methoxy groups -OCH3 is 2. The minimum Gasteiger partial charge on any atom is -0.497 e. The molecule has 0 radical (unpaired) electrons. The molecule has 3 rings (SSSR count). The van der Waals surface area contributed by atoms with Crippen LogP contribution in [0.15, 0.2) is 47.4 Å². The Morgan fingerprint density at radius 1 is 1.04 bits per heavy atom. The summed E-state index contributed by atoms with van der Waals surface area (Å²) in [6.45, 7) is 1.88. The van der Waals surface area contributed by atoms with Gasteiger partial charge in [-0.2, -0.15) is 0 Å². The molecule has 2 aromatic rings. The Labute approximate surface area is 153 Å². The SMILES string of the molecule is COc1ccc(OC)c(NC(=O)C2(S(=O)(=O)c3ccc(C)cc3)CC2)c1. The number of benzene rings is 2. The van der Waals surface area contributed by atoms with Gasteiger partial charge in [0.15, 0.2) is 14.6 Å². The fourth-order valence-corrected chi connectivity index (χ4v) is 4.70. The third-order valence-electron chi connectivity index (χ3n) is 4.62. The van der Waals surface area contributed by atoms with Crippen molar-refractivity contribution in [2.24, 2.45) is 0 Å². The molecular formula is C19H21NO5S. The van der Waals surface area contributed by atoms with Crippen molar-refractivity contribution < 1.29 is 22.7 Å². The summed E-state index contributed by atoms with van der Waals surface area (Å²) in [5, 5.41) is 2.70. The van der Waals surface area contributed by atoms with Gasteiger partial charge in [-0.25, -0.2) is 8.42 Å². The lowest BCUT2D eigenvalue weighted by Gasteiger charge is -2.18. The van der Waals surface area contributed by atoms with Crippen molar-refractivity contribution in [1.29, 1.82) is 0 Å². The molecule has 1 N–H and O–H groups in total. The maximum Gasteiger partial charge on any atom is 0.246 e. The first kappa shape index (κ1) is 18.3. The predicted octanol–water partition coefficient (Wildman–Crippen LogP) is 2.96. The van der Waals surface area contributed by atoms with Gasteiger partial charge in [0.2, 0.25) is 5.91 Å². The molecule has 0 atom stereocenters. The largest absolute Gasteiger partial charge is 0.497 e. The van der Waals surface area contributed by atoms with Crippen molar-refractivity contribution in [3.8, 4) is 11.5 Å². The molecule has 0 unspecified atom stereocenters. The average molecular weight is 375 g/mol. The molecule has 26 heavy (non-hydrogen) atoms. The van der Waals surface area contributed by atoms with Gasteiger partial charge in [0.25, 0.3) is 0 Å². The van der Waals surface area contributed by atoms with Crippen LogP contribution in [0.4, 0.5) is 5.69 Å². The Morgan fingerprint density at radius 3 is 2.23 bits per heavy atom. The highest BCUT2D eigenvalue weighted by Crippen LogP contribution is 2.48. The highest BCUT2D eigenvalue weighted by atomic mass is 32.2. The van der Waals surface area contributed by atoms with E-state index < -0.39 is 20.5 Å². The molecule has 0 aliphatic heterocycles. The van der Waals surface area contributed by atoms with Crippen LogP contribution in [0, 0.1) is 6.92 Å². The van der Waals surface area contributed by atoms with E-state index in [1.54, 1.807) is 42.5 Å². The molecule has 138 valence electrons. The van der Waals surface area contributed by atoms with E-state index in [4.69, 9.17) is 9.47 Å². The number of aryl methyl sites for hydroxylation is 1. The minimum absolute atomic E-state index is 0.161. The zero-order chi connectivity index (χ0) is 18.9. The van der Waals surface area contributed by atoms with Crippen molar-refractivity contribution in [1.82, 2.24) is 0 Å². The monoisotopic (exact) mass is 375 g/mol. The van der Waals surface area contributed by atoms with Crippen LogP contribution in [-0.2, 0) is 14.6 Å². The molecule has 0 saturated heterocycles. The maximum absolute atomic E-state index is 13.0. The number of nitrogens with one attached hydrogen (secondary N) is 1. The van der Waals surface area contributed by atoms with Crippen molar-refractivity contribution in [3.63, 3.8) is 0 Å². The average Bonchev–Trinajstić information content (AvgIpc) is 3.44. The fourth-order valence-electron chi connectivity index (χ4n) is 2.82. The standard InChI is InChI=1S/C19H21NO5S/c1-13-4-7-15(8-5-13)26(22,23)19(10-11-19)18(21)20-16-12-14(24-2)6-9-17(16)25-3/h4-9,12H,10-11H2,1-3H3,(H,20,21). The van der Waals surface area contributed by atoms with E-state index in [1.165, 1.54) is 14.2 Å². The van der Waals surface area contributed by atoms with Gasteiger partial charge in [0.1, 0.15) is 11.5 Å². The van der Waals surface area contributed by atoms with E-state index in [-0.39, 0.29) is 4.90 Å². The predicted molar refractivity (Wildman–Crippen MR) is 98.5 cm³/mol. The molecule has 1 aliphatic rings. The molecule has 1 fully saturated rings. The fraction of sp³-hybridized carbons (Fsp3) is 0.316. The van der Waals surface area contributed by atoms with E-state index in [9.17, 15) is 13.2 Å². The van der Waals surface area contributed by atoms with Crippen LogP contribution in [0.5, 0.6) is 11.5 Å². The summed E-state index contributed by atoms with van der Waals surface area (Å²) in [6, 6.07) is 11.5. The van der Waals surface area contributed by atoms with Crippen LogP contribution in [0.3, 0.4) is 0 Å². The summed E-state index contributed by atoms with van der Waals surface area (Å²) >= 11 is 0. The first-order chi connectivity index (χ1) is 12.3. The van der Waals surface area contributed by atoms with Crippen molar-refractivity contribution in [2.45, 2.75) is 29.4 Å². The number of anilines is 1. The first-order valence-corrected chi connectivity index (χ1v) is 9.67. The molecule has 2 aromatic carbocycles. The van der Waals surface area contributed by atoms with Crippen LogP contribution < -0.4 is 14.8 Å². The van der Waals surface area contributed by atoms with Gasteiger partial charge in [0.05, 0.1) is 24.8 Å². The zero-order valence-corrected chi connectivity index (χ0v) is 15.7. The molecule has 0 spiro atoms. The third kappa shape index (κ3) is 3.03. The van der Waals surface area contributed by atoms with Crippen molar-refractivity contribution in [2.75, 3.05) is 19.5 Å². The van der Waals surface area contributed by atoms with Crippen LogP contribution >= 0.6 is 0 Å². The summed E-state index contributed by atoms with van der Waals surface area (Å²) < 4.78 is 35.0. The highest BCUT2D eigenvalue weighted by molar-refractivity contribution is 7.94. The number of sulfone groups is 1. The lowest BCUT2D eigenvalue weighted by atomic mass is 10.2. The van der Waals surface area contributed by atoms with Gasteiger partial charge in [-0.05, 0) is 44.0 Å². The summed E-state index contributed by atoms with van der Waals surface area (Å²) in [4.78, 5) is 13.0. The molecule has 1 saturated carbocycles. The summed E-state index contributed by atoms with van der Waals surface area (Å²) in [6.07, 6.45) is 0.586. The number of ether oxygens (including phenoxy) is 2. The van der Waals surface area contributed by atoms with E-state index in [0.29, 0.717) is 30.0 Å². The van der Waals surface area contributed by atoms with E-state index >= 15 is 0 Å². The number of rotatable bonds is 6. The van der Waals surface area contributed by atoms with E-state index in [2.05, 4.69) is 5.32 Å². The smallest absolute Gasteiger partial charge is 0.246 e. The topological polar surface area (TPSA) is 81.7 Å². The summed E-state index contributed by atoms with van der Waals surface area (Å²) in [5.41, 5.74) is 1.33. The molecule has 6 nitrogen and oxygen atoms in total. The van der Waals surface area contributed by atoms with Gasteiger partial charge >= 0.3 is 0 Å². The van der Waals surface area contributed by atoms with Gasteiger partial charge in [-0.3, -0.25) is 4.79 Å². The van der Waals surface area contributed by atoms with Crippen LogP contribution in [-0.4, -0.2) is 33.3 Å². The quantitative estimate of drug-likeness (QED) is 0.839. The molecule has 0 aromatic heterocycles. The number of hydrogen-bond donors (Lipinski definition) is 1. The van der Waals surface area contributed by atoms with E-state index in [0.717, 1.165) is 5.56 Å². The first-order valence-electron chi connectivity index (χ1n) is 8.19. The number of amides is 1. The maximum atomic E-state index is 13.0. The second-order valence-corrected chi connectivity index (χ2v) is 8.59. The van der Waals surface area contributed by atoms with Gasteiger partial charge < -0.3 is 14.8 Å². The number of hydrogen-bond acceptors (Lipinski definition) is 5. The van der Waals surface area contributed by atoms with Gasteiger partial charge in [-0.1, -0.05) is 17.7 Å². The molecule has 0 heterocycles. The highest BCUT2D eigenvalue weighted by Gasteiger charge is 2.61. The molecular weight excluding hydrogens is 354 g/mol. The van der Waals surface area contributed by atoms with Gasteiger partial charge in [-0.15, -0.1) is 0 Å². The van der Waals surface area contributed by atoms with Crippen molar-refractivity contribution >= 4 is 21.4 Å². The van der Waals surface area contributed by atoms with Gasteiger partial charge in [0, 0.05) is 6.07 Å². The number of carbonyl (C=O) groups is 1. The second kappa shape index (κ2) is 6.64. The summed E-state index contributed by atoms with van der Waals surface area (Å²) in [7, 11) is -0.792. The zero-order valence-electron chi connectivity index (χ0n) is 14.9. The molecule has 1 aliphatic carbocycles.